The molecule has 3 aromatic carbocycles. The smallest absolute Gasteiger partial charge is 0.165 e. The van der Waals surface area contributed by atoms with Gasteiger partial charge in [0.25, 0.3) is 0 Å². The van der Waals surface area contributed by atoms with Crippen molar-refractivity contribution in [3.8, 4) is 28.5 Å². The van der Waals surface area contributed by atoms with Gasteiger partial charge in [-0.2, -0.15) is 9.61 Å². The van der Waals surface area contributed by atoms with Crippen LogP contribution in [0.3, 0.4) is 0 Å². The fourth-order valence-corrected chi connectivity index (χ4v) is 4.55. The number of para-hydroxylation sites is 1. The summed E-state index contributed by atoms with van der Waals surface area (Å²) in [6.07, 6.45) is 1.84. The van der Waals surface area contributed by atoms with Gasteiger partial charge in [0.2, 0.25) is 0 Å². The van der Waals surface area contributed by atoms with Crippen molar-refractivity contribution in [2.24, 2.45) is 0 Å². The molecule has 9 heteroatoms. The minimum atomic E-state index is 0.0314. The second-order valence-corrected chi connectivity index (χ2v) is 9.35. The Hall–Kier alpha value is -4.29. The number of nitrogens with zero attached hydrogens (tertiary/aromatic N) is 3. The van der Waals surface area contributed by atoms with Crippen molar-refractivity contribution in [3.05, 3.63) is 90.1 Å². The van der Waals surface area contributed by atoms with Gasteiger partial charge in [-0.3, -0.25) is 0 Å². The van der Waals surface area contributed by atoms with Crippen LogP contribution in [0, 0.1) is 0 Å². The first kappa shape index (κ1) is 23.5. The SMILES string of the molecule is CPc1cnn2c(NCc3cccc(NCc4ccc(O)cc4O)c3)cc(-c3ccccc3O)nc12. The maximum atomic E-state index is 10.4. The van der Waals surface area contributed by atoms with Crippen LogP contribution in [0.25, 0.3) is 16.9 Å². The van der Waals surface area contributed by atoms with E-state index < -0.39 is 0 Å². The van der Waals surface area contributed by atoms with Crippen molar-refractivity contribution >= 4 is 31.0 Å². The van der Waals surface area contributed by atoms with E-state index in [4.69, 9.17) is 4.98 Å². The van der Waals surface area contributed by atoms with Crippen LogP contribution in [0.2, 0.25) is 0 Å². The van der Waals surface area contributed by atoms with Gasteiger partial charge in [-0.25, -0.2) is 4.98 Å². The van der Waals surface area contributed by atoms with Crippen molar-refractivity contribution in [3.63, 3.8) is 0 Å². The van der Waals surface area contributed by atoms with Crippen molar-refractivity contribution in [2.45, 2.75) is 13.1 Å². The number of fused-ring (bicyclic) bond motifs is 1. The average molecular weight is 500 g/mol. The molecule has 2 aromatic heterocycles. The summed E-state index contributed by atoms with van der Waals surface area (Å²) in [6.45, 7) is 3.06. The molecule has 0 spiro atoms. The predicted molar refractivity (Wildman–Crippen MR) is 145 cm³/mol. The Morgan fingerprint density at radius 1 is 0.861 bits per heavy atom. The first-order valence-corrected chi connectivity index (χ1v) is 12.9. The van der Waals surface area contributed by atoms with E-state index in [9.17, 15) is 15.3 Å². The second-order valence-electron chi connectivity index (χ2n) is 8.31. The van der Waals surface area contributed by atoms with E-state index >= 15 is 0 Å². The number of benzene rings is 3. The largest absolute Gasteiger partial charge is 0.508 e. The molecule has 5 rings (SSSR count). The summed E-state index contributed by atoms with van der Waals surface area (Å²) in [6, 6.07) is 21.6. The number of aromatic nitrogens is 3. The highest BCUT2D eigenvalue weighted by Gasteiger charge is 2.14. The van der Waals surface area contributed by atoms with Crippen LogP contribution in [0.5, 0.6) is 17.2 Å². The zero-order valence-corrected chi connectivity index (χ0v) is 20.6. The van der Waals surface area contributed by atoms with Gasteiger partial charge in [0, 0.05) is 47.3 Å². The highest BCUT2D eigenvalue weighted by molar-refractivity contribution is 7.46. The maximum absolute atomic E-state index is 10.4. The fraction of sp³-hybridized carbons (Fsp3) is 0.111. The third-order valence-corrected chi connectivity index (χ3v) is 6.76. The molecule has 8 nitrogen and oxygen atoms in total. The Morgan fingerprint density at radius 3 is 2.53 bits per heavy atom. The lowest BCUT2D eigenvalue weighted by Crippen LogP contribution is -2.08. The summed E-state index contributed by atoms with van der Waals surface area (Å²) in [5.74, 6) is 1.03. The van der Waals surface area contributed by atoms with Gasteiger partial charge < -0.3 is 26.0 Å². The van der Waals surface area contributed by atoms with E-state index in [-0.39, 0.29) is 17.2 Å². The molecule has 0 fully saturated rings. The third kappa shape index (κ3) is 4.90. The molecule has 0 aliphatic carbocycles. The van der Waals surface area contributed by atoms with Gasteiger partial charge in [0.1, 0.15) is 23.1 Å². The van der Waals surface area contributed by atoms with Gasteiger partial charge >= 0.3 is 0 Å². The highest BCUT2D eigenvalue weighted by Crippen LogP contribution is 2.30. The van der Waals surface area contributed by atoms with Crippen molar-refractivity contribution in [1.29, 1.82) is 0 Å². The molecule has 36 heavy (non-hydrogen) atoms. The molecule has 2 heterocycles. The summed E-state index contributed by atoms with van der Waals surface area (Å²) >= 11 is 0. The van der Waals surface area contributed by atoms with E-state index in [1.54, 1.807) is 28.8 Å². The summed E-state index contributed by atoms with van der Waals surface area (Å²) in [5.41, 5.74) is 4.76. The molecule has 0 amide bonds. The monoisotopic (exact) mass is 499 g/mol. The maximum Gasteiger partial charge on any atom is 0.165 e. The van der Waals surface area contributed by atoms with Crippen LogP contribution in [0.4, 0.5) is 11.5 Å². The number of aromatic hydroxyl groups is 3. The quantitative estimate of drug-likeness (QED) is 0.197. The van der Waals surface area contributed by atoms with Gasteiger partial charge in [-0.15, -0.1) is 0 Å². The topological polar surface area (TPSA) is 115 Å². The Balaban J connectivity index is 1.38. The standard InChI is InChI=1S/C27H26N5O3P/c1-36-25-16-30-32-26(13-22(31-27(25)32)21-7-2-3-8-23(21)34)29-14-17-5-4-6-19(11-17)28-15-18-9-10-20(33)12-24(18)35/h2-13,16,28-29,33-36H,14-15H2,1H3. The molecule has 182 valence electrons. The fourth-order valence-electron chi connectivity index (χ4n) is 3.98. The Bertz CT molecular complexity index is 1540. The zero-order chi connectivity index (χ0) is 25.1. The summed E-state index contributed by atoms with van der Waals surface area (Å²) < 4.78 is 1.80. The van der Waals surface area contributed by atoms with E-state index in [0.29, 0.717) is 38.5 Å². The first-order chi connectivity index (χ1) is 17.5. The molecule has 0 saturated heterocycles. The molecule has 0 bridgehead atoms. The Labute approximate surface area is 210 Å². The van der Waals surface area contributed by atoms with Crippen molar-refractivity contribution in [1.82, 2.24) is 14.6 Å². The van der Waals surface area contributed by atoms with Crippen LogP contribution in [-0.2, 0) is 13.1 Å². The van der Waals surface area contributed by atoms with Crippen LogP contribution < -0.4 is 15.9 Å². The predicted octanol–water partition coefficient (Wildman–Crippen LogP) is 4.67. The molecule has 5 aromatic rings. The summed E-state index contributed by atoms with van der Waals surface area (Å²) in [7, 11) is 0.539. The molecule has 0 aliphatic heterocycles. The van der Waals surface area contributed by atoms with Crippen molar-refractivity contribution in [2.75, 3.05) is 17.3 Å². The lowest BCUT2D eigenvalue weighted by atomic mass is 10.1. The van der Waals surface area contributed by atoms with Gasteiger partial charge in [0.15, 0.2) is 5.65 Å². The lowest BCUT2D eigenvalue weighted by Gasteiger charge is -2.13. The van der Waals surface area contributed by atoms with Gasteiger partial charge in [-0.1, -0.05) is 32.8 Å². The van der Waals surface area contributed by atoms with Gasteiger partial charge in [0.05, 0.1) is 11.9 Å². The van der Waals surface area contributed by atoms with E-state index in [1.807, 2.05) is 48.7 Å². The number of hydrogen-bond acceptors (Lipinski definition) is 7. The van der Waals surface area contributed by atoms with Crippen LogP contribution in [-0.4, -0.2) is 36.6 Å². The lowest BCUT2D eigenvalue weighted by molar-refractivity contribution is 0.446. The second kappa shape index (κ2) is 10.1. The number of rotatable bonds is 8. The summed E-state index contributed by atoms with van der Waals surface area (Å²) in [4.78, 5) is 4.79. The van der Waals surface area contributed by atoms with Gasteiger partial charge in [-0.05, 0) is 48.6 Å². The minimum Gasteiger partial charge on any atom is -0.508 e. The Kier molecular flexibility index (Phi) is 6.60. The van der Waals surface area contributed by atoms with E-state index in [0.717, 1.165) is 28.0 Å². The molecule has 0 radical (unpaired) electrons. The summed E-state index contributed by atoms with van der Waals surface area (Å²) in [5, 5.41) is 42.3. The molecule has 0 aliphatic rings. The van der Waals surface area contributed by atoms with E-state index in [1.165, 1.54) is 6.07 Å². The number of phenolic OH excluding ortho intramolecular Hbond substituents is 3. The zero-order valence-electron chi connectivity index (χ0n) is 19.6. The molecular formula is C27H26N5O3P. The number of anilines is 2. The molecule has 5 N–H and O–H groups in total. The van der Waals surface area contributed by atoms with Crippen molar-refractivity contribution < 1.29 is 15.3 Å². The van der Waals surface area contributed by atoms with Crippen LogP contribution in [0.1, 0.15) is 11.1 Å². The number of hydrogen-bond donors (Lipinski definition) is 5. The molecule has 1 atom stereocenters. The van der Waals surface area contributed by atoms with Crippen LogP contribution in [0.15, 0.2) is 79.0 Å². The highest BCUT2D eigenvalue weighted by atomic mass is 31.1. The minimum absolute atomic E-state index is 0.0314. The first-order valence-electron chi connectivity index (χ1n) is 11.4. The molecule has 1 unspecified atom stereocenters. The number of phenols is 3. The number of nitrogens with one attached hydrogen (secondary N) is 2. The average Bonchev–Trinajstić information content (AvgIpc) is 3.30. The Morgan fingerprint density at radius 2 is 1.72 bits per heavy atom. The third-order valence-electron chi connectivity index (χ3n) is 5.87. The van der Waals surface area contributed by atoms with Crippen LogP contribution >= 0.6 is 8.58 Å². The normalized spacial score (nSPS) is 11.4. The molecule has 0 saturated carbocycles. The van der Waals surface area contributed by atoms with E-state index in [2.05, 4.69) is 22.4 Å². The molecular weight excluding hydrogens is 473 g/mol.